The summed E-state index contributed by atoms with van der Waals surface area (Å²) in [6, 6.07) is 11.2. The molecule has 152 valence electrons. The van der Waals surface area contributed by atoms with Gasteiger partial charge in [0.1, 0.15) is 5.76 Å². The third-order valence-electron chi connectivity index (χ3n) is 4.12. The Kier molecular flexibility index (Phi) is 7.38. The van der Waals surface area contributed by atoms with Crippen molar-refractivity contribution in [2.24, 2.45) is 0 Å². The van der Waals surface area contributed by atoms with E-state index in [1.807, 2.05) is 36.6 Å². The standard InChI is InChI=1S/C22H22ClNO4S/c1-3-27-20-13-16(12-19(23)22(20)26-2)8-9-21(25)24(14-17-6-4-10-28-17)15-18-7-5-11-29-18/h4-13H,3,14-15H2,1-2H3/b9-8+. The molecule has 5 nitrogen and oxygen atoms in total. The first-order valence-corrected chi connectivity index (χ1v) is 10.4. The second-order valence-corrected chi connectivity index (χ2v) is 7.59. The van der Waals surface area contributed by atoms with Crippen molar-refractivity contribution in [3.63, 3.8) is 0 Å². The van der Waals surface area contributed by atoms with Crippen LogP contribution in [0.5, 0.6) is 11.5 Å². The fraction of sp³-hybridized carbons (Fsp3) is 0.227. The maximum Gasteiger partial charge on any atom is 0.247 e. The molecule has 0 saturated heterocycles. The normalized spacial score (nSPS) is 11.0. The number of hydrogen-bond acceptors (Lipinski definition) is 5. The first-order valence-electron chi connectivity index (χ1n) is 9.12. The number of methoxy groups -OCH3 is 1. The van der Waals surface area contributed by atoms with Crippen molar-refractivity contribution >= 4 is 34.9 Å². The van der Waals surface area contributed by atoms with Crippen molar-refractivity contribution in [3.05, 3.63) is 75.3 Å². The van der Waals surface area contributed by atoms with Crippen LogP contribution in [0.4, 0.5) is 0 Å². The molecule has 0 aliphatic heterocycles. The van der Waals surface area contributed by atoms with E-state index in [4.69, 9.17) is 25.5 Å². The predicted octanol–water partition coefficient (Wildman–Crippen LogP) is 5.64. The third-order valence-corrected chi connectivity index (χ3v) is 5.26. The van der Waals surface area contributed by atoms with Crippen LogP contribution in [0.25, 0.3) is 6.08 Å². The van der Waals surface area contributed by atoms with E-state index < -0.39 is 0 Å². The van der Waals surface area contributed by atoms with Crippen LogP contribution >= 0.6 is 22.9 Å². The number of halogens is 1. The number of rotatable bonds is 9. The molecule has 0 aliphatic carbocycles. The van der Waals surface area contributed by atoms with Crippen molar-refractivity contribution in [2.45, 2.75) is 20.0 Å². The van der Waals surface area contributed by atoms with Crippen molar-refractivity contribution in [3.8, 4) is 11.5 Å². The number of nitrogens with zero attached hydrogens (tertiary/aromatic N) is 1. The second kappa shape index (κ2) is 10.2. The quantitative estimate of drug-likeness (QED) is 0.411. The van der Waals surface area contributed by atoms with Crippen LogP contribution in [-0.2, 0) is 17.9 Å². The summed E-state index contributed by atoms with van der Waals surface area (Å²) in [4.78, 5) is 15.7. The second-order valence-electron chi connectivity index (χ2n) is 6.15. The molecule has 1 aromatic carbocycles. The summed E-state index contributed by atoms with van der Waals surface area (Å²) in [6.45, 7) is 3.27. The summed E-state index contributed by atoms with van der Waals surface area (Å²) in [5.41, 5.74) is 0.752. The van der Waals surface area contributed by atoms with Crippen molar-refractivity contribution in [1.29, 1.82) is 0 Å². The molecule has 7 heteroatoms. The van der Waals surface area contributed by atoms with Gasteiger partial charge in [0.15, 0.2) is 11.5 Å². The number of benzene rings is 1. The fourth-order valence-electron chi connectivity index (χ4n) is 2.81. The van der Waals surface area contributed by atoms with Gasteiger partial charge in [0.2, 0.25) is 5.91 Å². The van der Waals surface area contributed by atoms with Gasteiger partial charge in [-0.3, -0.25) is 4.79 Å². The number of hydrogen-bond donors (Lipinski definition) is 0. The topological polar surface area (TPSA) is 51.9 Å². The van der Waals surface area contributed by atoms with Gasteiger partial charge in [-0.15, -0.1) is 11.3 Å². The summed E-state index contributed by atoms with van der Waals surface area (Å²) in [5.74, 6) is 1.63. The molecule has 0 bridgehead atoms. The lowest BCUT2D eigenvalue weighted by Gasteiger charge is -2.19. The minimum absolute atomic E-state index is 0.125. The molecule has 0 N–H and O–H groups in total. The van der Waals surface area contributed by atoms with Gasteiger partial charge in [-0.1, -0.05) is 17.7 Å². The molecule has 1 amide bonds. The van der Waals surface area contributed by atoms with Crippen molar-refractivity contribution in [2.75, 3.05) is 13.7 Å². The first kappa shape index (κ1) is 21.0. The Hall–Kier alpha value is -2.70. The summed E-state index contributed by atoms with van der Waals surface area (Å²) >= 11 is 7.91. The van der Waals surface area contributed by atoms with Gasteiger partial charge in [0, 0.05) is 11.0 Å². The molecule has 2 aromatic heterocycles. The van der Waals surface area contributed by atoms with Crippen molar-refractivity contribution in [1.82, 2.24) is 4.90 Å². The molecule has 2 heterocycles. The smallest absolute Gasteiger partial charge is 0.247 e. The highest BCUT2D eigenvalue weighted by Gasteiger charge is 2.15. The molecule has 0 unspecified atom stereocenters. The van der Waals surface area contributed by atoms with Crippen LogP contribution in [0.2, 0.25) is 5.02 Å². The van der Waals surface area contributed by atoms with Gasteiger partial charge in [0.25, 0.3) is 0 Å². The van der Waals surface area contributed by atoms with E-state index in [2.05, 4.69) is 0 Å². The van der Waals surface area contributed by atoms with Crippen LogP contribution in [0.1, 0.15) is 23.1 Å². The minimum atomic E-state index is -0.125. The van der Waals surface area contributed by atoms with E-state index in [-0.39, 0.29) is 5.91 Å². The van der Waals surface area contributed by atoms with E-state index in [1.54, 1.807) is 47.8 Å². The van der Waals surface area contributed by atoms with Gasteiger partial charge in [-0.25, -0.2) is 0 Å². The molecule has 0 spiro atoms. The van der Waals surface area contributed by atoms with Gasteiger partial charge >= 0.3 is 0 Å². The van der Waals surface area contributed by atoms with E-state index >= 15 is 0 Å². The Balaban J connectivity index is 1.80. The molecule has 0 saturated carbocycles. The van der Waals surface area contributed by atoms with Crippen LogP contribution in [0.3, 0.4) is 0 Å². The Morgan fingerprint density at radius 2 is 2.14 bits per heavy atom. The highest BCUT2D eigenvalue weighted by atomic mass is 35.5. The third kappa shape index (κ3) is 5.65. The number of ether oxygens (including phenoxy) is 2. The van der Waals surface area contributed by atoms with Crippen LogP contribution in [-0.4, -0.2) is 24.5 Å². The number of carbonyl (C=O) groups excluding carboxylic acids is 1. The molecule has 29 heavy (non-hydrogen) atoms. The van der Waals surface area contributed by atoms with Crippen molar-refractivity contribution < 1.29 is 18.7 Å². The Morgan fingerprint density at radius 1 is 1.28 bits per heavy atom. The Morgan fingerprint density at radius 3 is 2.79 bits per heavy atom. The average molecular weight is 432 g/mol. The van der Waals surface area contributed by atoms with E-state index in [0.717, 1.165) is 16.2 Å². The summed E-state index contributed by atoms with van der Waals surface area (Å²) in [6.07, 6.45) is 4.86. The molecular formula is C22H22ClNO4S. The van der Waals surface area contributed by atoms with Crippen LogP contribution in [0, 0.1) is 0 Å². The lowest BCUT2D eigenvalue weighted by atomic mass is 10.1. The predicted molar refractivity (Wildman–Crippen MR) is 115 cm³/mol. The number of furan rings is 1. The van der Waals surface area contributed by atoms with E-state index in [0.29, 0.717) is 36.2 Å². The minimum Gasteiger partial charge on any atom is -0.491 e. The van der Waals surface area contributed by atoms with Gasteiger partial charge < -0.3 is 18.8 Å². The Bertz CT molecular complexity index is 915. The molecule has 0 aliphatic rings. The lowest BCUT2D eigenvalue weighted by Crippen LogP contribution is -2.27. The van der Waals surface area contributed by atoms with Gasteiger partial charge in [0.05, 0.1) is 38.1 Å². The lowest BCUT2D eigenvalue weighted by molar-refractivity contribution is -0.127. The summed E-state index contributed by atoms with van der Waals surface area (Å²) in [5, 5.41) is 2.42. The fourth-order valence-corrected chi connectivity index (χ4v) is 3.83. The summed E-state index contributed by atoms with van der Waals surface area (Å²) < 4.78 is 16.3. The maximum atomic E-state index is 12.9. The molecule has 3 aromatic rings. The zero-order valence-electron chi connectivity index (χ0n) is 16.3. The number of amides is 1. The number of carbonyl (C=O) groups is 1. The SMILES string of the molecule is CCOc1cc(/C=C/C(=O)N(Cc2ccco2)Cc2cccs2)cc(Cl)c1OC. The highest BCUT2D eigenvalue weighted by molar-refractivity contribution is 7.09. The summed E-state index contributed by atoms with van der Waals surface area (Å²) in [7, 11) is 1.54. The molecule has 0 fully saturated rings. The molecule has 0 radical (unpaired) electrons. The molecule has 0 atom stereocenters. The van der Waals surface area contributed by atoms with E-state index in [9.17, 15) is 4.79 Å². The molecular weight excluding hydrogens is 410 g/mol. The average Bonchev–Trinajstić information content (AvgIpc) is 3.40. The zero-order valence-corrected chi connectivity index (χ0v) is 17.8. The Labute approximate surface area is 179 Å². The van der Waals surface area contributed by atoms with Crippen LogP contribution < -0.4 is 9.47 Å². The van der Waals surface area contributed by atoms with E-state index in [1.165, 1.54) is 6.08 Å². The largest absolute Gasteiger partial charge is 0.491 e. The van der Waals surface area contributed by atoms with Gasteiger partial charge in [-0.2, -0.15) is 0 Å². The van der Waals surface area contributed by atoms with Gasteiger partial charge in [-0.05, 0) is 54.3 Å². The molecule has 3 rings (SSSR count). The zero-order chi connectivity index (χ0) is 20.6. The first-order chi connectivity index (χ1) is 14.1. The maximum absolute atomic E-state index is 12.9. The van der Waals surface area contributed by atoms with Crippen LogP contribution in [0.15, 0.2) is 58.5 Å². The highest BCUT2D eigenvalue weighted by Crippen LogP contribution is 2.36. The number of thiophene rings is 1. The monoisotopic (exact) mass is 431 g/mol.